The maximum Gasteiger partial charge on any atom is 0.341 e. The zero-order valence-corrected chi connectivity index (χ0v) is 18.2. The van der Waals surface area contributed by atoms with Crippen LogP contribution in [0.5, 0.6) is 5.75 Å². The number of carboxylic acid groups (broad SMARTS) is 1. The van der Waals surface area contributed by atoms with Crippen molar-refractivity contribution in [2.45, 2.75) is 25.3 Å². The van der Waals surface area contributed by atoms with E-state index in [4.69, 9.17) is 14.3 Å². The molecule has 0 saturated carbocycles. The number of amides is 1. The van der Waals surface area contributed by atoms with Gasteiger partial charge in [0, 0.05) is 19.0 Å². The highest BCUT2D eigenvalue weighted by molar-refractivity contribution is 5.82. The fourth-order valence-electron chi connectivity index (χ4n) is 4.19. The van der Waals surface area contributed by atoms with Crippen molar-refractivity contribution in [2.24, 2.45) is 0 Å². The summed E-state index contributed by atoms with van der Waals surface area (Å²) < 4.78 is 11.2. The summed E-state index contributed by atoms with van der Waals surface area (Å²) in [4.78, 5) is 28.2. The van der Waals surface area contributed by atoms with Crippen molar-refractivity contribution >= 4 is 22.8 Å². The van der Waals surface area contributed by atoms with Gasteiger partial charge in [-0.2, -0.15) is 0 Å². The highest BCUT2D eigenvalue weighted by Crippen LogP contribution is 2.27. The van der Waals surface area contributed by atoms with Crippen LogP contribution in [0.15, 0.2) is 59.0 Å². The van der Waals surface area contributed by atoms with Crippen LogP contribution in [0.25, 0.3) is 11.0 Å². The lowest BCUT2D eigenvalue weighted by atomic mass is 10.0. The molecule has 1 amide bonds. The first-order chi connectivity index (χ1) is 15.5. The number of nitrogens with zero attached hydrogens (tertiary/aromatic N) is 2. The van der Waals surface area contributed by atoms with Crippen molar-refractivity contribution in [3.05, 3.63) is 65.9 Å². The third kappa shape index (κ3) is 5.29. The molecule has 2 heterocycles. The van der Waals surface area contributed by atoms with Gasteiger partial charge in [-0.15, -0.1) is 0 Å². The molecule has 168 valence electrons. The van der Waals surface area contributed by atoms with Crippen LogP contribution < -0.4 is 4.74 Å². The summed E-state index contributed by atoms with van der Waals surface area (Å²) >= 11 is 0. The van der Waals surface area contributed by atoms with E-state index in [1.165, 1.54) is 0 Å². The zero-order valence-electron chi connectivity index (χ0n) is 18.2. The summed E-state index contributed by atoms with van der Waals surface area (Å²) in [5.41, 5.74) is 1.69. The first-order valence-corrected chi connectivity index (χ1v) is 10.9. The number of hydrogen-bond acceptors (Lipinski definition) is 5. The van der Waals surface area contributed by atoms with Gasteiger partial charge in [-0.3, -0.25) is 4.79 Å². The van der Waals surface area contributed by atoms with Crippen LogP contribution in [-0.4, -0.2) is 60.1 Å². The zero-order chi connectivity index (χ0) is 22.5. The van der Waals surface area contributed by atoms with Crippen molar-refractivity contribution in [2.75, 3.05) is 33.3 Å². The second-order valence-electron chi connectivity index (χ2n) is 8.21. The number of hydrogen-bond donors (Lipinski definition) is 1. The number of benzene rings is 2. The number of likely N-dealkylation sites (N-methyl/N-ethyl adjacent to an activating group) is 1. The number of para-hydroxylation sites is 1. The second kappa shape index (κ2) is 9.87. The Balaban J connectivity index is 1.54. The minimum absolute atomic E-state index is 0.0369. The van der Waals surface area contributed by atoms with E-state index >= 15 is 0 Å². The smallest absolute Gasteiger partial charge is 0.341 e. The molecule has 2 aromatic carbocycles. The van der Waals surface area contributed by atoms with E-state index in [2.05, 4.69) is 4.90 Å². The maximum atomic E-state index is 13.2. The third-order valence-electron chi connectivity index (χ3n) is 5.90. The van der Waals surface area contributed by atoms with E-state index in [0.717, 1.165) is 42.5 Å². The number of carbonyl (C=O) groups is 2. The first-order valence-electron chi connectivity index (χ1n) is 10.9. The number of rotatable bonds is 9. The van der Waals surface area contributed by atoms with Crippen LogP contribution in [0.2, 0.25) is 0 Å². The number of ether oxygens (including phenoxy) is 1. The summed E-state index contributed by atoms with van der Waals surface area (Å²) in [5, 5.41) is 9.88. The van der Waals surface area contributed by atoms with Crippen molar-refractivity contribution in [3.8, 4) is 5.75 Å². The molecule has 0 spiro atoms. The van der Waals surface area contributed by atoms with Gasteiger partial charge >= 0.3 is 5.97 Å². The Hall–Kier alpha value is -3.32. The molecule has 7 heteroatoms. The molecule has 1 N–H and O–H groups in total. The standard InChI is InChI=1S/C25H28N2O5/c1-26(24(28)15-21-14-19-7-2-3-10-23(19)32-21)22(16-27-11-4-5-12-27)18-8-6-9-20(13-18)31-17-25(29)30/h2-3,6-10,13-14,22H,4-5,11-12,15-17H2,1H3,(H,29,30)/t22-/m1/s1. The molecule has 1 fully saturated rings. The summed E-state index contributed by atoms with van der Waals surface area (Å²) in [6.45, 7) is 2.33. The predicted molar refractivity (Wildman–Crippen MR) is 121 cm³/mol. The minimum Gasteiger partial charge on any atom is -0.482 e. The fourth-order valence-corrected chi connectivity index (χ4v) is 4.19. The molecule has 0 unspecified atom stereocenters. The lowest BCUT2D eigenvalue weighted by Crippen LogP contribution is -2.39. The second-order valence-corrected chi connectivity index (χ2v) is 8.21. The van der Waals surface area contributed by atoms with E-state index in [0.29, 0.717) is 18.1 Å². The van der Waals surface area contributed by atoms with Crippen LogP contribution in [0.1, 0.15) is 30.2 Å². The Kier molecular flexibility index (Phi) is 6.75. The largest absolute Gasteiger partial charge is 0.482 e. The lowest BCUT2D eigenvalue weighted by Gasteiger charge is -2.32. The number of furan rings is 1. The number of carbonyl (C=O) groups excluding carboxylic acids is 1. The van der Waals surface area contributed by atoms with Gasteiger partial charge in [0.05, 0.1) is 12.5 Å². The summed E-state index contributed by atoms with van der Waals surface area (Å²) in [5.74, 6) is 0.0585. The molecule has 0 radical (unpaired) electrons. The van der Waals surface area contributed by atoms with Gasteiger partial charge in [-0.05, 0) is 55.8 Å². The van der Waals surface area contributed by atoms with Crippen LogP contribution >= 0.6 is 0 Å². The molecule has 1 aliphatic rings. The van der Waals surface area contributed by atoms with E-state index < -0.39 is 12.6 Å². The topological polar surface area (TPSA) is 83.2 Å². The van der Waals surface area contributed by atoms with Crippen molar-refractivity contribution < 1.29 is 23.8 Å². The molecule has 1 atom stereocenters. The SMILES string of the molecule is CN(C(=O)Cc1cc2ccccc2o1)[C@H](CN1CCCC1)c1cccc(OCC(=O)O)c1. The quantitative estimate of drug-likeness (QED) is 0.550. The number of likely N-dealkylation sites (tertiary alicyclic amines) is 1. The van der Waals surface area contributed by atoms with Crippen LogP contribution in [0.4, 0.5) is 0 Å². The molecule has 1 saturated heterocycles. The molecule has 7 nitrogen and oxygen atoms in total. The van der Waals surface area contributed by atoms with Gasteiger partial charge in [0.1, 0.15) is 17.1 Å². The molecule has 3 aromatic rings. The highest BCUT2D eigenvalue weighted by atomic mass is 16.5. The molecule has 1 aliphatic heterocycles. The average molecular weight is 437 g/mol. The number of carboxylic acids is 1. The normalized spacial score (nSPS) is 15.0. The Morgan fingerprint density at radius 1 is 1.12 bits per heavy atom. The Bertz CT molecular complexity index is 1050. The maximum absolute atomic E-state index is 13.2. The summed E-state index contributed by atoms with van der Waals surface area (Å²) in [6, 6.07) is 16.8. The lowest BCUT2D eigenvalue weighted by molar-refractivity contribution is -0.139. The van der Waals surface area contributed by atoms with E-state index in [1.54, 1.807) is 11.0 Å². The van der Waals surface area contributed by atoms with Gasteiger partial charge in [-0.1, -0.05) is 30.3 Å². The highest BCUT2D eigenvalue weighted by Gasteiger charge is 2.26. The van der Waals surface area contributed by atoms with E-state index in [9.17, 15) is 9.59 Å². The average Bonchev–Trinajstić information content (AvgIpc) is 3.45. The van der Waals surface area contributed by atoms with Gasteiger partial charge < -0.3 is 24.1 Å². The molecule has 0 aliphatic carbocycles. The van der Waals surface area contributed by atoms with Gasteiger partial charge in [0.2, 0.25) is 5.91 Å². The van der Waals surface area contributed by atoms with Crippen molar-refractivity contribution in [3.63, 3.8) is 0 Å². The molecule has 1 aromatic heterocycles. The van der Waals surface area contributed by atoms with Crippen LogP contribution in [0.3, 0.4) is 0 Å². The molecular formula is C25H28N2O5. The number of aliphatic carboxylic acids is 1. The predicted octanol–water partition coefficient (Wildman–Crippen LogP) is 3.73. The minimum atomic E-state index is -1.03. The Labute approximate surface area is 187 Å². The van der Waals surface area contributed by atoms with Gasteiger partial charge in [-0.25, -0.2) is 4.79 Å². The summed E-state index contributed by atoms with van der Waals surface area (Å²) in [7, 11) is 1.82. The molecular weight excluding hydrogens is 408 g/mol. The van der Waals surface area contributed by atoms with Crippen molar-refractivity contribution in [1.82, 2.24) is 9.80 Å². The molecule has 32 heavy (non-hydrogen) atoms. The van der Waals surface area contributed by atoms with Crippen molar-refractivity contribution in [1.29, 1.82) is 0 Å². The van der Waals surface area contributed by atoms with Gasteiger partial charge in [0.25, 0.3) is 0 Å². The Morgan fingerprint density at radius 2 is 1.91 bits per heavy atom. The van der Waals surface area contributed by atoms with Gasteiger partial charge in [0.15, 0.2) is 6.61 Å². The Morgan fingerprint density at radius 3 is 2.66 bits per heavy atom. The summed E-state index contributed by atoms with van der Waals surface area (Å²) in [6.07, 6.45) is 2.49. The van der Waals surface area contributed by atoms with E-state index in [-0.39, 0.29) is 18.4 Å². The number of fused-ring (bicyclic) bond motifs is 1. The first kappa shape index (κ1) is 21.9. The third-order valence-corrected chi connectivity index (χ3v) is 5.90. The molecule has 4 rings (SSSR count). The monoisotopic (exact) mass is 436 g/mol. The molecule has 0 bridgehead atoms. The fraction of sp³-hybridized carbons (Fsp3) is 0.360. The van der Waals surface area contributed by atoms with Crippen LogP contribution in [-0.2, 0) is 16.0 Å². The van der Waals surface area contributed by atoms with E-state index in [1.807, 2.05) is 55.6 Å². The van der Waals surface area contributed by atoms with Crippen LogP contribution in [0, 0.1) is 0 Å².